The van der Waals surface area contributed by atoms with Crippen LogP contribution in [0.4, 0.5) is 0 Å². The van der Waals surface area contributed by atoms with Crippen molar-refractivity contribution in [3.8, 4) is 0 Å². The van der Waals surface area contributed by atoms with Gasteiger partial charge in [-0.05, 0) is 13.3 Å². The topological polar surface area (TPSA) is 17.1 Å². The van der Waals surface area contributed by atoms with Gasteiger partial charge < -0.3 is 4.79 Å². The van der Waals surface area contributed by atoms with Crippen molar-refractivity contribution in [3.63, 3.8) is 0 Å². The molecule has 0 spiro atoms. The Bertz CT molecular complexity index is 81.0. The monoisotopic (exact) mass is 124 g/mol. The van der Waals surface area contributed by atoms with Crippen molar-refractivity contribution in [2.45, 2.75) is 38.9 Å². The van der Waals surface area contributed by atoms with Crippen LogP contribution < -0.4 is 0 Å². The molecule has 9 heavy (non-hydrogen) atoms. The van der Waals surface area contributed by atoms with Crippen molar-refractivity contribution in [1.82, 2.24) is 0 Å². The van der Waals surface area contributed by atoms with Gasteiger partial charge in [-0.25, -0.2) is 0 Å². The Morgan fingerprint density at radius 3 is 2.44 bits per heavy atom. The molecule has 0 aliphatic rings. The first-order valence-corrected chi connectivity index (χ1v) is 3.47. The fraction of sp³-hybridized carbons (Fsp3) is 0.857. The summed E-state index contributed by atoms with van der Waals surface area (Å²) in [6.45, 7) is 1.63. The Hall–Kier alpha value is -0.265. The van der Waals surface area contributed by atoms with Gasteiger partial charge in [0, 0.05) is 6.42 Å². The van der Waals surface area contributed by atoms with Crippen molar-refractivity contribution >= 4 is 13.6 Å². The molecule has 0 fully saturated rings. The zero-order chi connectivity index (χ0) is 7.11. The smallest absolute Gasteiger partial charge is 0.129 e. The third-order valence-electron chi connectivity index (χ3n) is 1.23. The van der Waals surface area contributed by atoms with E-state index in [2.05, 4.69) is 0 Å². The molecule has 0 aromatic heterocycles. The Balaban J connectivity index is 2.83. The number of hydrogen-bond acceptors (Lipinski definition) is 1. The second-order valence-electron chi connectivity index (χ2n) is 2.30. The molecule has 0 N–H and O–H groups in total. The second kappa shape index (κ2) is 5.86. The Labute approximate surface area is 58.2 Å². The quantitative estimate of drug-likeness (QED) is 0.402. The van der Waals surface area contributed by atoms with Crippen LogP contribution in [-0.4, -0.2) is 13.6 Å². The largest absolute Gasteiger partial charge is 0.300 e. The van der Waals surface area contributed by atoms with Gasteiger partial charge in [0.25, 0.3) is 0 Å². The third kappa shape index (κ3) is 7.73. The molecular weight excluding hydrogens is 111 g/mol. The van der Waals surface area contributed by atoms with E-state index >= 15 is 0 Å². The molecule has 50 valence electrons. The molecule has 0 aliphatic carbocycles. The van der Waals surface area contributed by atoms with E-state index in [1.807, 2.05) is 0 Å². The van der Waals surface area contributed by atoms with E-state index in [-0.39, 0.29) is 5.78 Å². The number of ketones is 1. The standard InChI is InChI=1S/C7H13BO/c1-7(9)5-3-2-4-6-8/h2-6H2,1H3. The average molecular weight is 124 g/mol. The van der Waals surface area contributed by atoms with E-state index in [9.17, 15) is 4.79 Å². The summed E-state index contributed by atoms with van der Waals surface area (Å²) in [5.74, 6) is 0.284. The highest BCUT2D eigenvalue weighted by Crippen LogP contribution is 2.01. The normalized spacial score (nSPS) is 9.44. The van der Waals surface area contributed by atoms with E-state index in [1.165, 1.54) is 0 Å². The van der Waals surface area contributed by atoms with Gasteiger partial charge in [0.15, 0.2) is 0 Å². The summed E-state index contributed by atoms with van der Waals surface area (Å²) in [6, 6.07) is 0. The lowest BCUT2D eigenvalue weighted by Crippen LogP contribution is -1.88. The summed E-state index contributed by atoms with van der Waals surface area (Å²) in [7, 11) is 5.26. The minimum absolute atomic E-state index is 0.284. The zero-order valence-corrected chi connectivity index (χ0v) is 6.02. The lowest BCUT2D eigenvalue weighted by molar-refractivity contribution is -0.117. The first-order chi connectivity index (χ1) is 4.27. The van der Waals surface area contributed by atoms with Crippen LogP contribution in [0.2, 0.25) is 6.32 Å². The molecule has 0 saturated carbocycles. The molecule has 0 rings (SSSR count). The third-order valence-corrected chi connectivity index (χ3v) is 1.23. The van der Waals surface area contributed by atoms with Crippen LogP contribution in [0.1, 0.15) is 32.6 Å². The predicted octanol–water partition coefficient (Wildman–Crippen LogP) is 1.72. The van der Waals surface area contributed by atoms with Crippen LogP contribution in [0.15, 0.2) is 0 Å². The van der Waals surface area contributed by atoms with Gasteiger partial charge in [0.05, 0.1) is 7.85 Å². The Kier molecular flexibility index (Phi) is 5.69. The van der Waals surface area contributed by atoms with Gasteiger partial charge in [-0.2, -0.15) is 0 Å². The summed E-state index contributed by atoms with van der Waals surface area (Å²) in [5.41, 5.74) is 0. The average Bonchev–Trinajstić information content (AvgIpc) is 1.80. The van der Waals surface area contributed by atoms with Gasteiger partial charge >= 0.3 is 0 Å². The number of unbranched alkanes of at least 4 members (excludes halogenated alkanes) is 2. The van der Waals surface area contributed by atoms with Crippen LogP contribution >= 0.6 is 0 Å². The van der Waals surface area contributed by atoms with Gasteiger partial charge in [0.1, 0.15) is 5.78 Å². The van der Waals surface area contributed by atoms with E-state index < -0.39 is 0 Å². The number of carbonyl (C=O) groups excluding carboxylic acids is 1. The highest BCUT2D eigenvalue weighted by atomic mass is 16.1. The maximum absolute atomic E-state index is 10.4. The number of rotatable bonds is 5. The van der Waals surface area contributed by atoms with Gasteiger partial charge in [-0.15, -0.1) is 0 Å². The summed E-state index contributed by atoms with van der Waals surface area (Å²) in [6.07, 6.45) is 4.62. The Morgan fingerprint density at radius 1 is 1.33 bits per heavy atom. The number of carbonyl (C=O) groups is 1. The SMILES string of the molecule is [B]CCCCCC(C)=O. The molecular formula is C7H13BO. The molecule has 1 nitrogen and oxygen atoms in total. The fourth-order valence-electron chi connectivity index (χ4n) is 0.695. The van der Waals surface area contributed by atoms with Crippen LogP contribution in [0.25, 0.3) is 0 Å². The molecule has 0 bridgehead atoms. The molecule has 0 aliphatic heterocycles. The lowest BCUT2D eigenvalue weighted by Gasteiger charge is -1.93. The summed E-state index contributed by atoms with van der Waals surface area (Å²) >= 11 is 0. The van der Waals surface area contributed by atoms with Crippen molar-refractivity contribution in [3.05, 3.63) is 0 Å². The van der Waals surface area contributed by atoms with Gasteiger partial charge in [-0.3, -0.25) is 0 Å². The first kappa shape index (κ1) is 8.73. The second-order valence-corrected chi connectivity index (χ2v) is 2.30. The maximum Gasteiger partial charge on any atom is 0.129 e. The molecule has 0 saturated heterocycles. The molecule has 0 unspecified atom stereocenters. The first-order valence-electron chi connectivity index (χ1n) is 3.47. The van der Waals surface area contributed by atoms with Crippen molar-refractivity contribution < 1.29 is 4.79 Å². The highest BCUT2D eigenvalue weighted by molar-refractivity contribution is 6.08. The van der Waals surface area contributed by atoms with Crippen LogP contribution in [0, 0.1) is 0 Å². The summed E-state index contributed by atoms with van der Waals surface area (Å²) in [5, 5.41) is 0. The van der Waals surface area contributed by atoms with Crippen LogP contribution in [0.5, 0.6) is 0 Å². The molecule has 0 aromatic carbocycles. The minimum atomic E-state index is 0.284. The van der Waals surface area contributed by atoms with Crippen LogP contribution in [0.3, 0.4) is 0 Å². The lowest BCUT2D eigenvalue weighted by atomic mass is 9.99. The molecule has 0 atom stereocenters. The number of Topliss-reactive ketones (excluding diaryl/α,β-unsaturated/α-hetero) is 1. The molecule has 0 aromatic rings. The molecule has 0 amide bonds. The van der Waals surface area contributed by atoms with Crippen molar-refractivity contribution in [2.24, 2.45) is 0 Å². The molecule has 0 heterocycles. The zero-order valence-electron chi connectivity index (χ0n) is 6.02. The van der Waals surface area contributed by atoms with Crippen molar-refractivity contribution in [2.75, 3.05) is 0 Å². The van der Waals surface area contributed by atoms with E-state index in [0.717, 1.165) is 32.0 Å². The fourth-order valence-corrected chi connectivity index (χ4v) is 0.695. The molecule has 2 heteroatoms. The predicted molar refractivity (Wildman–Crippen MR) is 39.7 cm³/mol. The van der Waals surface area contributed by atoms with Crippen LogP contribution in [-0.2, 0) is 4.79 Å². The van der Waals surface area contributed by atoms with E-state index in [1.54, 1.807) is 6.92 Å². The highest BCUT2D eigenvalue weighted by Gasteiger charge is 1.91. The number of hydrogen-bond donors (Lipinski definition) is 0. The van der Waals surface area contributed by atoms with E-state index in [4.69, 9.17) is 7.85 Å². The molecule has 2 radical (unpaired) electrons. The summed E-state index contributed by atoms with van der Waals surface area (Å²) in [4.78, 5) is 10.4. The van der Waals surface area contributed by atoms with Gasteiger partial charge in [-0.1, -0.05) is 19.2 Å². The van der Waals surface area contributed by atoms with Gasteiger partial charge in [0.2, 0.25) is 0 Å². The maximum atomic E-state index is 10.4. The summed E-state index contributed by atoms with van der Waals surface area (Å²) < 4.78 is 0. The van der Waals surface area contributed by atoms with E-state index in [0.29, 0.717) is 0 Å². The Morgan fingerprint density at radius 2 is 2.00 bits per heavy atom. The minimum Gasteiger partial charge on any atom is -0.300 e. The van der Waals surface area contributed by atoms with Crippen molar-refractivity contribution in [1.29, 1.82) is 0 Å².